The van der Waals surface area contributed by atoms with Gasteiger partial charge in [-0.1, -0.05) is 60.1 Å². The molecule has 21 heavy (non-hydrogen) atoms. The maximum absolute atomic E-state index is 10.5. The Morgan fingerprint density at radius 1 is 1.10 bits per heavy atom. The molecule has 0 amide bonds. The van der Waals surface area contributed by atoms with Crippen LogP contribution in [0.15, 0.2) is 54.6 Å². The van der Waals surface area contributed by atoms with Gasteiger partial charge in [-0.05, 0) is 31.0 Å². The smallest absolute Gasteiger partial charge is 0.0931 e. The number of hydrogen-bond acceptors (Lipinski definition) is 2. The molecule has 1 N–H and O–H groups in total. The third kappa shape index (κ3) is 3.29. The van der Waals surface area contributed by atoms with Crippen LogP contribution in [-0.4, -0.2) is 23.1 Å². The fourth-order valence-electron chi connectivity index (χ4n) is 3.16. The Bertz CT molecular complexity index is 587. The SMILES string of the molecule is O[C@H](CN1CCC[C@@H]1c1ccccc1)c1ccccc1Cl. The highest BCUT2D eigenvalue weighted by atomic mass is 35.5. The number of β-amino-alcohol motifs (C(OH)–C–C–N with tert-alkyl or cyclic N) is 1. The van der Waals surface area contributed by atoms with E-state index in [2.05, 4.69) is 29.2 Å². The second-order valence-corrected chi connectivity index (χ2v) is 6.01. The topological polar surface area (TPSA) is 23.5 Å². The lowest BCUT2D eigenvalue weighted by atomic mass is 10.0. The molecule has 2 nitrogen and oxygen atoms in total. The van der Waals surface area contributed by atoms with Crippen molar-refractivity contribution in [1.29, 1.82) is 0 Å². The zero-order chi connectivity index (χ0) is 14.7. The predicted octanol–water partition coefficient (Wildman–Crippen LogP) is 4.21. The highest BCUT2D eigenvalue weighted by Gasteiger charge is 2.28. The normalized spacial score (nSPS) is 20.6. The van der Waals surface area contributed by atoms with Gasteiger partial charge >= 0.3 is 0 Å². The van der Waals surface area contributed by atoms with Crippen LogP contribution in [0.2, 0.25) is 5.02 Å². The fraction of sp³-hybridized carbons (Fsp3) is 0.333. The quantitative estimate of drug-likeness (QED) is 0.914. The number of halogens is 1. The molecule has 1 fully saturated rings. The number of benzene rings is 2. The largest absolute Gasteiger partial charge is 0.387 e. The molecule has 1 aliphatic rings. The average Bonchev–Trinajstić information content (AvgIpc) is 2.96. The molecule has 0 bridgehead atoms. The van der Waals surface area contributed by atoms with Crippen LogP contribution in [-0.2, 0) is 0 Å². The van der Waals surface area contributed by atoms with Crippen LogP contribution in [0.5, 0.6) is 0 Å². The molecule has 0 spiro atoms. The van der Waals surface area contributed by atoms with E-state index >= 15 is 0 Å². The summed E-state index contributed by atoms with van der Waals surface area (Å²) in [5, 5.41) is 11.1. The highest BCUT2D eigenvalue weighted by Crippen LogP contribution is 2.34. The summed E-state index contributed by atoms with van der Waals surface area (Å²) < 4.78 is 0. The van der Waals surface area contributed by atoms with Gasteiger partial charge in [0, 0.05) is 23.2 Å². The molecule has 0 aliphatic carbocycles. The Labute approximate surface area is 131 Å². The van der Waals surface area contributed by atoms with Crippen LogP contribution in [0, 0.1) is 0 Å². The lowest BCUT2D eigenvalue weighted by Crippen LogP contribution is -2.28. The number of rotatable bonds is 4. The monoisotopic (exact) mass is 301 g/mol. The van der Waals surface area contributed by atoms with Crippen LogP contribution in [0.4, 0.5) is 0 Å². The Morgan fingerprint density at radius 3 is 2.57 bits per heavy atom. The van der Waals surface area contributed by atoms with Gasteiger partial charge in [0.25, 0.3) is 0 Å². The maximum atomic E-state index is 10.5. The molecule has 2 atom stereocenters. The van der Waals surface area contributed by atoms with Crippen molar-refractivity contribution in [2.75, 3.05) is 13.1 Å². The van der Waals surface area contributed by atoms with Gasteiger partial charge < -0.3 is 5.11 Å². The van der Waals surface area contributed by atoms with Crippen molar-refractivity contribution in [3.05, 3.63) is 70.7 Å². The lowest BCUT2D eigenvalue weighted by Gasteiger charge is -2.27. The molecule has 0 saturated carbocycles. The number of likely N-dealkylation sites (tertiary alicyclic amines) is 1. The van der Waals surface area contributed by atoms with Gasteiger partial charge in [-0.25, -0.2) is 0 Å². The van der Waals surface area contributed by atoms with Crippen LogP contribution >= 0.6 is 11.6 Å². The summed E-state index contributed by atoms with van der Waals surface area (Å²) in [7, 11) is 0. The maximum Gasteiger partial charge on any atom is 0.0931 e. The lowest BCUT2D eigenvalue weighted by molar-refractivity contribution is 0.106. The molecule has 3 rings (SSSR count). The van der Waals surface area contributed by atoms with Crippen molar-refractivity contribution in [3.63, 3.8) is 0 Å². The first kappa shape index (κ1) is 14.6. The molecule has 2 aromatic carbocycles. The molecule has 3 heteroatoms. The Kier molecular flexibility index (Phi) is 4.59. The van der Waals surface area contributed by atoms with Crippen molar-refractivity contribution in [2.45, 2.75) is 25.0 Å². The van der Waals surface area contributed by atoms with Crippen molar-refractivity contribution in [3.8, 4) is 0 Å². The minimum atomic E-state index is -0.539. The second-order valence-electron chi connectivity index (χ2n) is 5.60. The van der Waals surface area contributed by atoms with E-state index in [0.29, 0.717) is 17.6 Å². The highest BCUT2D eigenvalue weighted by molar-refractivity contribution is 6.31. The summed E-state index contributed by atoms with van der Waals surface area (Å²) >= 11 is 6.18. The van der Waals surface area contributed by atoms with Crippen LogP contribution in [0.1, 0.15) is 36.1 Å². The summed E-state index contributed by atoms with van der Waals surface area (Å²) in [4.78, 5) is 2.36. The Hall–Kier alpha value is -1.35. The Balaban J connectivity index is 1.73. The molecular formula is C18H20ClNO. The third-order valence-electron chi connectivity index (χ3n) is 4.22. The van der Waals surface area contributed by atoms with Gasteiger partial charge in [-0.2, -0.15) is 0 Å². The number of nitrogens with zero attached hydrogens (tertiary/aromatic N) is 1. The molecule has 110 valence electrons. The van der Waals surface area contributed by atoms with Crippen molar-refractivity contribution in [2.24, 2.45) is 0 Å². The number of aliphatic hydroxyl groups excluding tert-OH is 1. The summed E-state index contributed by atoms with van der Waals surface area (Å²) in [5.74, 6) is 0. The first-order chi connectivity index (χ1) is 10.3. The summed E-state index contributed by atoms with van der Waals surface area (Å²) in [6, 6.07) is 18.5. The van der Waals surface area contributed by atoms with E-state index in [1.165, 1.54) is 12.0 Å². The molecule has 0 aromatic heterocycles. The van der Waals surface area contributed by atoms with E-state index in [1.54, 1.807) is 0 Å². The van der Waals surface area contributed by atoms with Crippen molar-refractivity contribution in [1.82, 2.24) is 4.90 Å². The predicted molar refractivity (Wildman–Crippen MR) is 86.4 cm³/mol. The molecule has 0 unspecified atom stereocenters. The van der Waals surface area contributed by atoms with Gasteiger partial charge in [0.05, 0.1) is 6.10 Å². The number of aliphatic hydroxyl groups is 1. The van der Waals surface area contributed by atoms with E-state index in [9.17, 15) is 5.11 Å². The van der Waals surface area contributed by atoms with Gasteiger partial charge in [0.1, 0.15) is 0 Å². The van der Waals surface area contributed by atoms with Crippen LogP contribution < -0.4 is 0 Å². The second kappa shape index (κ2) is 6.61. The first-order valence-electron chi connectivity index (χ1n) is 7.47. The fourth-order valence-corrected chi connectivity index (χ4v) is 3.42. The van der Waals surface area contributed by atoms with Crippen molar-refractivity contribution >= 4 is 11.6 Å². The zero-order valence-electron chi connectivity index (χ0n) is 12.0. The van der Waals surface area contributed by atoms with Gasteiger partial charge in [0.2, 0.25) is 0 Å². The first-order valence-corrected chi connectivity index (χ1v) is 7.85. The van der Waals surface area contributed by atoms with Gasteiger partial charge in [0.15, 0.2) is 0 Å². The summed E-state index contributed by atoms with van der Waals surface area (Å²) in [6.07, 6.45) is 1.79. The molecule has 0 radical (unpaired) electrons. The van der Waals surface area contributed by atoms with E-state index in [1.807, 2.05) is 30.3 Å². The van der Waals surface area contributed by atoms with Crippen LogP contribution in [0.25, 0.3) is 0 Å². The molecule has 2 aromatic rings. The third-order valence-corrected chi connectivity index (χ3v) is 4.56. The minimum absolute atomic E-state index is 0.406. The molecule has 1 aliphatic heterocycles. The van der Waals surface area contributed by atoms with E-state index in [0.717, 1.165) is 18.5 Å². The summed E-state index contributed by atoms with van der Waals surface area (Å²) in [5.41, 5.74) is 2.15. The van der Waals surface area contributed by atoms with E-state index < -0.39 is 6.10 Å². The average molecular weight is 302 g/mol. The molecule has 1 saturated heterocycles. The standard InChI is InChI=1S/C18H20ClNO/c19-16-10-5-4-9-15(16)18(21)13-20-12-6-11-17(20)14-7-2-1-3-8-14/h1-5,7-10,17-18,21H,6,11-13H2/t17-,18-/m1/s1. The number of hydrogen-bond donors (Lipinski definition) is 1. The van der Waals surface area contributed by atoms with Gasteiger partial charge in [-0.3, -0.25) is 4.90 Å². The van der Waals surface area contributed by atoms with Crippen molar-refractivity contribution < 1.29 is 5.11 Å². The summed E-state index contributed by atoms with van der Waals surface area (Å²) in [6.45, 7) is 1.66. The van der Waals surface area contributed by atoms with Crippen LogP contribution in [0.3, 0.4) is 0 Å². The molecular weight excluding hydrogens is 282 g/mol. The van der Waals surface area contributed by atoms with E-state index in [4.69, 9.17) is 11.6 Å². The zero-order valence-corrected chi connectivity index (χ0v) is 12.7. The minimum Gasteiger partial charge on any atom is -0.387 e. The molecule has 1 heterocycles. The Morgan fingerprint density at radius 2 is 1.81 bits per heavy atom. The van der Waals surface area contributed by atoms with Gasteiger partial charge in [-0.15, -0.1) is 0 Å². The van der Waals surface area contributed by atoms with E-state index in [-0.39, 0.29) is 0 Å².